The molecule has 0 amide bonds. The molecule has 0 aromatic heterocycles. The molecule has 21 heavy (non-hydrogen) atoms. The number of benzene rings is 1. The third-order valence-corrected chi connectivity index (χ3v) is 7.78. The summed E-state index contributed by atoms with van der Waals surface area (Å²) in [7, 11) is -3.56. The second kappa shape index (κ2) is 6.18. The molecule has 0 atom stereocenters. The summed E-state index contributed by atoms with van der Waals surface area (Å²) in [6, 6.07) is 3.33. The highest BCUT2D eigenvalue weighted by Gasteiger charge is 2.36. The largest absolute Gasteiger partial charge is 0.398 e. The molecule has 0 radical (unpaired) electrons. The highest BCUT2D eigenvalue weighted by Crippen LogP contribution is 2.38. The number of nitrogens with two attached hydrogens (primary N) is 1. The highest BCUT2D eigenvalue weighted by molar-refractivity contribution is 9.11. The molecule has 0 unspecified atom stereocenters. The molecule has 1 fully saturated rings. The normalized spacial score (nSPS) is 19.6. The number of sulfonamides is 1. The minimum Gasteiger partial charge on any atom is -0.398 e. The fourth-order valence-electron chi connectivity index (χ4n) is 2.60. The number of nitrogen functional groups attached to an aromatic ring is 1. The van der Waals surface area contributed by atoms with Gasteiger partial charge in [-0.3, -0.25) is 0 Å². The van der Waals surface area contributed by atoms with Crippen molar-refractivity contribution < 1.29 is 8.42 Å². The first-order valence-corrected chi connectivity index (χ1v) is 9.97. The predicted octanol–water partition coefficient (Wildman–Crippen LogP) is 3.99. The number of hydrogen-bond acceptors (Lipinski definition) is 3. The van der Waals surface area contributed by atoms with E-state index in [2.05, 4.69) is 45.7 Å². The van der Waals surface area contributed by atoms with Crippen LogP contribution in [0, 0.1) is 5.41 Å². The Hall–Kier alpha value is -0.110. The second-order valence-electron chi connectivity index (χ2n) is 5.87. The van der Waals surface area contributed by atoms with Crippen LogP contribution in [0.3, 0.4) is 0 Å². The van der Waals surface area contributed by atoms with Gasteiger partial charge in [0.15, 0.2) is 0 Å². The van der Waals surface area contributed by atoms with Crippen LogP contribution < -0.4 is 5.73 Å². The lowest BCUT2D eigenvalue weighted by Gasteiger charge is -2.38. The molecular weight excluding hydrogens is 420 g/mol. The maximum absolute atomic E-state index is 12.8. The summed E-state index contributed by atoms with van der Waals surface area (Å²) in [5.41, 5.74) is 6.44. The third-order valence-electron chi connectivity index (χ3n) is 4.42. The smallest absolute Gasteiger partial charge is 0.246 e. The van der Waals surface area contributed by atoms with E-state index in [0.717, 1.165) is 23.7 Å². The Kier molecular flexibility index (Phi) is 5.08. The summed E-state index contributed by atoms with van der Waals surface area (Å²) in [4.78, 5) is 0.172. The summed E-state index contributed by atoms with van der Waals surface area (Å²) in [6.07, 6.45) is 2.85. The zero-order chi connectivity index (χ0) is 15.8. The maximum atomic E-state index is 12.8. The summed E-state index contributed by atoms with van der Waals surface area (Å²) in [5, 5.41) is 0. The fourth-order valence-corrected chi connectivity index (χ4v) is 6.06. The lowest BCUT2D eigenvalue weighted by Crippen LogP contribution is -2.42. The number of piperidine rings is 1. The lowest BCUT2D eigenvalue weighted by molar-refractivity contribution is 0.169. The molecule has 0 spiro atoms. The first-order chi connectivity index (χ1) is 9.69. The standard InChI is InChI=1S/C14H20Br2N2O2S/c1-3-14(2)4-6-18(7-5-14)21(19,20)13-11(16)8-10(15)9-12(13)17/h8-9H,3-7,17H2,1-2H3. The van der Waals surface area contributed by atoms with Crippen molar-refractivity contribution in [1.82, 2.24) is 4.31 Å². The first-order valence-electron chi connectivity index (χ1n) is 6.94. The Bertz CT molecular complexity index is 615. The summed E-state index contributed by atoms with van der Waals surface area (Å²) < 4.78 is 28.5. The Labute approximate surface area is 143 Å². The van der Waals surface area contributed by atoms with E-state index in [4.69, 9.17) is 5.73 Å². The number of rotatable bonds is 3. The van der Waals surface area contributed by atoms with Crippen LogP contribution in [0.5, 0.6) is 0 Å². The van der Waals surface area contributed by atoms with Crippen LogP contribution in [0.2, 0.25) is 0 Å². The Morgan fingerprint density at radius 3 is 2.33 bits per heavy atom. The second-order valence-corrected chi connectivity index (χ2v) is 9.52. The van der Waals surface area contributed by atoms with E-state index in [-0.39, 0.29) is 16.0 Å². The van der Waals surface area contributed by atoms with Crippen molar-refractivity contribution in [2.24, 2.45) is 5.41 Å². The predicted molar refractivity (Wildman–Crippen MR) is 92.6 cm³/mol. The zero-order valence-corrected chi connectivity index (χ0v) is 16.2. The molecule has 1 aliphatic heterocycles. The van der Waals surface area contributed by atoms with E-state index in [1.54, 1.807) is 16.4 Å². The van der Waals surface area contributed by atoms with Gasteiger partial charge in [0.2, 0.25) is 10.0 Å². The van der Waals surface area contributed by atoms with E-state index < -0.39 is 10.0 Å². The van der Waals surface area contributed by atoms with Crippen molar-refractivity contribution in [1.29, 1.82) is 0 Å². The molecule has 1 saturated heterocycles. The molecule has 1 heterocycles. The van der Waals surface area contributed by atoms with E-state index in [9.17, 15) is 8.42 Å². The van der Waals surface area contributed by atoms with E-state index in [1.165, 1.54) is 0 Å². The minimum atomic E-state index is -3.56. The summed E-state index contributed by atoms with van der Waals surface area (Å²) in [6.45, 7) is 5.48. The maximum Gasteiger partial charge on any atom is 0.246 e. The monoisotopic (exact) mass is 438 g/mol. The van der Waals surface area contributed by atoms with Crippen molar-refractivity contribution in [3.63, 3.8) is 0 Å². The average Bonchev–Trinajstić information content (AvgIpc) is 2.37. The van der Waals surface area contributed by atoms with Gasteiger partial charge in [-0.2, -0.15) is 4.31 Å². The quantitative estimate of drug-likeness (QED) is 0.724. The van der Waals surface area contributed by atoms with Gasteiger partial charge < -0.3 is 5.73 Å². The number of nitrogens with zero attached hydrogens (tertiary/aromatic N) is 1. The molecule has 1 aromatic carbocycles. The Morgan fingerprint density at radius 1 is 1.29 bits per heavy atom. The molecule has 2 rings (SSSR count). The third kappa shape index (κ3) is 3.46. The zero-order valence-electron chi connectivity index (χ0n) is 12.2. The fraction of sp³-hybridized carbons (Fsp3) is 0.571. The van der Waals surface area contributed by atoms with Crippen LogP contribution in [0.15, 0.2) is 26.0 Å². The van der Waals surface area contributed by atoms with E-state index in [1.807, 2.05) is 0 Å². The summed E-state index contributed by atoms with van der Waals surface area (Å²) in [5.74, 6) is 0. The number of anilines is 1. The minimum absolute atomic E-state index is 0.172. The SMILES string of the molecule is CCC1(C)CCN(S(=O)(=O)c2c(N)cc(Br)cc2Br)CC1. The molecule has 0 aliphatic carbocycles. The molecule has 118 valence electrons. The molecule has 4 nitrogen and oxygen atoms in total. The molecule has 1 aromatic rings. The molecule has 1 aliphatic rings. The van der Waals surface area contributed by atoms with Gasteiger partial charge in [-0.05, 0) is 46.3 Å². The number of halogens is 2. The Morgan fingerprint density at radius 2 is 1.86 bits per heavy atom. The van der Waals surface area contributed by atoms with Crippen LogP contribution in [0.4, 0.5) is 5.69 Å². The first kappa shape index (κ1) is 17.2. The van der Waals surface area contributed by atoms with E-state index in [0.29, 0.717) is 17.6 Å². The van der Waals surface area contributed by atoms with Crippen molar-refractivity contribution in [2.75, 3.05) is 18.8 Å². The molecular formula is C14H20Br2N2O2S. The highest BCUT2D eigenvalue weighted by atomic mass is 79.9. The molecule has 0 saturated carbocycles. The van der Waals surface area contributed by atoms with Crippen molar-refractivity contribution in [2.45, 2.75) is 38.0 Å². The van der Waals surface area contributed by atoms with Gasteiger partial charge in [0.25, 0.3) is 0 Å². The van der Waals surface area contributed by atoms with Crippen LogP contribution in [0.1, 0.15) is 33.1 Å². The van der Waals surface area contributed by atoms with Gasteiger partial charge >= 0.3 is 0 Å². The van der Waals surface area contributed by atoms with Crippen molar-refractivity contribution >= 4 is 47.6 Å². The van der Waals surface area contributed by atoms with Crippen LogP contribution in [-0.4, -0.2) is 25.8 Å². The van der Waals surface area contributed by atoms with Crippen LogP contribution in [-0.2, 0) is 10.0 Å². The van der Waals surface area contributed by atoms with Gasteiger partial charge in [-0.1, -0.05) is 36.2 Å². The van der Waals surface area contributed by atoms with Crippen LogP contribution in [0.25, 0.3) is 0 Å². The summed E-state index contributed by atoms with van der Waals surface area (Å²) >= 11 is 6.64. The van der Waals surface area contributed by atoms with Crippen molar-refractivity contribution in [3.8, 4) is 0 Å². The van der Waals surface area contributed by atoms with Gasteiger partial charge in [-0.25, -0.2) is 8.42 Å². The van der Waals surface area contributed by atoms with Crippen LogP contribution >= 0.6 is 31.9 Å². The molecule has 0 bridgehead atoms. The van der Waals surface area contributed by atoms with Gasteiger partial charge in [0, 0.05) is 22.0 Å². The van der Waals surface area contributed by atoms with Gasteiger partial charge in [0.1, 0.15) is 4.90 Å². The lowest BCUT2D eigenvalue weighted by atomic mass is 9.79. The molecule has 2 N–H and O–H groups in total. The van der Waals surface area contributed by atoms with E-state index >= 15 is 0 Å². The number of hydrogen-bond donors (Lipinski definition) is 1. The molecule has 7 heteroatoms. The topological polar surface area (TPSA) is 63.4 Å². The average molecular weight is 440 g/mol. The van der Waals surface area contributed by atoms with Crippen molar-refractivity contribution in [3.05, 3.63) is 21.1 Å². The Balaban J connectivity index is 2.33. The van der Waals surface area contributed by atoms with Gasteiger partial charge in [-0.15, -0.1) is 0 Å². The van der Waals surface area contributed by atoms with Gasteiger partial charge in [0.05, 0.1) is 5.69 Å².